The van der Waals surface area contributed by atoms with Crippen LogP contribution in [0.25, 0.3) is 0 Å². The van der Waals surface area contributed by atoms with Gasteiger partial charge in [0.2, 0.25) is 0 Å². The number of Topliss-reactive ketones (excluding diaryl/α,β-unsaturated/α-hetero) is 1. The second-order valence-corrected chi connectivity index (χ2v) is 6.87. The predicted octanol–water partition coefficient (Wildman–Crippen LogP) is 4.63. The van der Waals surface area contributed by atoms with Gasteiger partial charge in [0, 0.05) is 12.0 Å². The zero-order valence-electron chi connectivity index (χ0n) is 15.8. The molecular weight excluding hydrogens is 385 g/mol. The number of amides is 1. The van der Waals surface area contributed by atoms with Crippen molar-refractivity contribution in [3.05, 3.63) is 63.9 Å². The molecule has 28 heavy (non-hydrogen) atoms. The van der Waals surface area contributed by atoms with Crippen LogP contribution >= 0.6 is 11.6 Å². The Labute approximate surface area is 167 Å². The van der Waals surface area contributed by atoms with Gasteiger partial charge in [-0.05, 0) is 56.2 Å². The molecule has 0 aliphatic heterocycles. The van der Waals surface area contributed by atoms with E-state index in [2.05, 4.69) is 5.32 Å². The molecule has 148 valence electrons. The number of aryl methyl sites for hydroxylation is 2. The van der Waals surface area contributed by atoms with Gasteiger partial charge in [-0.25, -0.2) is 4.39 Å². The minimum absolute atomic E-state index is 0.0144. The molecule has 0 aromatic heterocycles. The maximum Gasteiger partial charge on any atom is 0.307 e. The van der Waals surface area contributed by atoms with Crippen molar-refractivity contribution in [2.75, 3.05) is 5.32 Å². The monoisotopic (exact) mass is 405 g/mol. The lowest BCUT2D eigenvalue weighted by atomic mass is 10.0. The first-order valence-corrected chi connectivity index (χ1v) is 9.11. The first kappa shape index (κ1) is 21.6. The molecule has 7 heteroatoms. The Hall–Kier alpha value is -2.73. The summed E-state index contributed by atoms with van der Waals surface area (Å²) in [7, 11) is 0. The number of halogens is 2. The minimum atomic E-state index is -1.09. The highest BCUT2D eigenvalue weighted by molar-refractivity contribution is 6.33. The number of esters is 1. The molecule has 1 amide bonds. The van der Waals surface area contributed by atoms with Gasteiger partial charge in [0.05, 0.1) is 17.1 Å². The van der Waals surface area contributed by atoms with Crippen LogP contribution < -0.4 is 5.32 Å². The molecule has 2 aromatic rings. The lowest BCUT2D eigenvalue weighted by Gasteiger charge is -2.14. The molecule has 0 radical (unpaired) electrons. The van der Waals surface area contributed by atoms with E-state index in [1.807, 2.05) is 19.9 Å². The van der Waals surface area contributed by atoms with Crippen LogP contribution in [0.5, 0.6) is 0 Å². The molecule has 0 aliphatic carbocycles. The Balaban J connectivity index is 1.85. The number of carbonyl (C=O) groups is 3. The first-order chi connectivity index (χ1) is 13.2. The van der Waals surface area contributed by atoms with Crippen molar-refractivity contribution in [1.29, 1.82) is 0 Å². The summed E-state index contributed by atoms with van der Waals surface area (Å²) in [6.07, 6.45) is -1.24. The molecule has 2 aromatic carbocycles. The molecule has 5 nitrogen and oxygen atoms in total. The summed E-state index contributed by atoms with van der Waals surface area (Å²) in [6.45, 7) is 5.26. The van der Waals surface area contributed by atoms with E-state index in [1.54, 1.807) is 12.1 Å². The van der Waals surface area contributed by atoms with E-state index in [1.165, 1.54) is 13.0 Å². The number of rotatable bonds is 7. The molecule has 0 fully saturated rings. The van der Waals surface area contributed by atoms with Crippen LogP contribution in [0.2, 0.25) is 5.02 Å². The Morgan fingerprint density at radius 3 is 2.43 bits per heavy atom. The van der Waals surface area contributed by atoms with Crippen LogP contribution in [0, 0.1) is 19.7 Å². The van der Waals surface area contributed by atoms with Crippen molar-refractivity contribution < 1.29 is 23.5 Å². The zero-order chi connectivity index (χ0) is 20.8. The van der Waals surface area contributed by atoms with Gasteiger partial charge >= 0.3 is 5.97 Å². The van der Waals surface area contributed by atoms with Gasteiger partial charge in [0.15, 0.2) is 11.9 Å². The fraction of sp³-hybridized carbons (Fsp3) is 0.286. The quantitative estimate of drug-likeness (QED) is 0.538. The number of ether oxygens (including phenoxy) is 1. The minimum Gasteiger partial charge on any atom is -0.453 e. The molecule has 0 saturated heterocycles. The third-order valence-corrected chi connectivity index (χ3v) is 4.56. The van der Waals surface area contributed by atoms with Crippen molar-refractivity contribution in [2.24, 2.45) is 0 Å². The summed E-state index contributed by atoms with van der Waals surface area (Å²) in [6, 6.07) is 8.88. The second-order valence-electron chi connectivity index (χ2n) is 6.47. The molecule has 1 atom stereocenters. The van der Waals surface area contributed by atoms with Crippen LogP contribution in [0.15, 0.2) is 36.4 Å². The van der Waals surface area contributed by atoms with Crippen molar-refractivity contribution in [2.45, 2.75) is 39.7 Å². The van der Waals surface area contributed by atoms with Crippen LogP contribution in [0.4, 0.5) is 10.1 Å². The lowest BCUT2D eigenvalue weighted by molar-refractivity contribution is -0.153. The summed E-state index contributed by atoms with van der Waals surface area (Å²) in [5.41, 5.74) is 2.82. The highest BCUT2D eigenvalue weighted by Gasteiger charge is 2.20. The molecule has 0 unspecified atom stereocenters. The standard InChI is InChI=1S/C21H21ClFNO4/c1-12-4-5-15(10-13(12)2)19(25)8-9-20(26)28-14(3)21(27)24-18-7-6-16(23)11-17(18)22/h4-7,10-11,14H,8-9H2,1-3H3,(H,24,27)/t14-/m1/s1. The zero-order valence-corrected chi connectivity index (χ0v) is 16.6. The van der Waals surface area contributed by atoms with E-state index in [-0.39, 0.29) is 29.3 Å². The highest BCUT2D eigenvalue weighted by atomic mass is 35.5. The van der Waals surface area contributed by atoms with E-state index in [0.717, 1.165) is 23.3 Å². The Kier molecular flexibility index (Phi) is 7.29. The fourth-order valence-electron chi connectivity index (χ4n) is 2.41. The Morgan fingerprint density at radius 1 is 1.07 bits per heavy atom. The molecule has 0 bridgehead atoms. The molecule has 2 rings (SSSR count). The lowest BCUT2D eigenvalue weighted by Crippen LogP contribution is -2.30. The average Bonchev–Trinajstić information content (AvgIpc) is 2.64. The third kappa shape index (κ3) is 5.89. The van der Waals surface area contributed by atoms with E-state index >= 15 is 0 Å². The first-order valence-electron chi connectivity index (χ1n) is 8.73. The van der Waals surface area contributed by atoms with Gasteiger partial charge in [-0.15, -0.1) is 0 Å². The number of nitrogens with one attached hydrogen (secondary N) is 1. The van der Waals surface area contributed by atoms with Crippen molar-refractivity contribution >= 4 is 34.9 Å². The maximum absolute atomic E-state index is 13.0. The van der Waals surface area contributed by atoms with Gasteiger partial charge in [-0.1, -0.05) is 23.7 Å². The van der Waals surface area contributed by atoms with Crippen molar-refractivity contribution in [1.82, 2.24) is 0 Å². The molecule has 0 spiro atoms. The average molecular weight is 406 g/mol. The van der Waals surface area contributed by atoms with Gasteiger partial charge in [0.25, 0.3) is 5.91 Å². The molecule has 0 aliphatic rings. The normalized spacial score (nSPS) is 11.6. The smallest absolute Gasteiger partial charge is 0.307 e. The molecule has 0 saturated carbocycles. The number of hydrogen-bond acceptors (Lipinski definition) is 4. The van der Waals surface area contributed by atoms with Crippen LogP contribution in [0.3, 0.4) is 0 Å². The van der Waals surface area contributed by atoms with Crippen LogP contribution in [-0.4, -0.2) is 23.8 Å². The van der Waals surface area contributed by atoms with Gasteiger partial charge in [-0.3, -0.25) is 14.4 Å². The molecule has 1 N–H and O–H groups in total. The summed E-state index contributed by atoms with van der Waals surface area (Å²) in [5.74, 6) is -1.97. The number of hydrogen-bond donors (Lipinski definition) is 1. The fourth-order valence-corrected chi connectivity index (χ4v) is 2.62. The number of anilines is 1. The molecular formula is C21H21ClFNO4. The SMILES string of the molecule is Cc1ccc(C(=O)CCC(=O)O[C@H](C)C(=O)Nc2ccc(F)cc2Cl)cc1C. The maximum atomic E-state index is 13.0. The number of carbonyl (C=O) groups excluding carboxylic acids is 3. The summed E-state index contributed by atoms with van der Waals surface area (Å²) >= 11 is 5.85. The van der Waals surface area contributed by atoms with E-state index in [9.17, 15) is 18.8 Å². The van der Waals surface area contributed by atoms with Gasteiger partial charge < -0.3 is 10.1 Å². The van der Waals surface area contributed by atoms with Gasteiger partial charge in [0.1, 0.15) is 5.82 Å². The summed E-state index contributed by atoms with van der Waals surface area (Å²) < 4.78 is 18.1. The van der Waals surface area contributed by atoms with Crippen molar-refractivity contribution in [3.8, 4) is 0 Å². The summed E-state index contributed by atoms with van der Waals surface area (Å²) in [5, 5.41) is 2.50. The second kappa shape index (κ2) is 9.46. The van der Waals surface area contributed by atoms with Gasteiger partial charge in [-0.2, -0.15) is 0 Å². The molecule has 0 heterocycles. The van der Waals surface area contributed by atoms with Crippen LogP contribution in [-0.2, 0) is 14.3 Å². The van der Waals surface area contributed by atoms with Crippen molar-refractivity contribution in [3.63, 3.8) is 0 Å². The topological polar surface area (TPSA) is 72.5 Å². The number of benzene rings is 2. The number of ketones is 1. The largest absolute Gasteiger partial charge is 0.453 e. The van der Waals surface area contributed by atoms with E-state index in [4.69, 9.17) is 16.3 Å². The summed E-state index contributed by atoms with van der Waals surface area (Å²) in [4.78, 5) is 36.3. The van der Waals surface area contributed by atoms with Crippen LogP contribution in [0.1, 0.15) is 41.3 Å². The highest BCUT2D eigenvalue weighted by Crippen LogP contribution is 2.22. The third-order valence-electron chi connectivity index (χ3n) is 4.25. The predicted molar refractivity (Wildman–Crippen MR) is 105 cm³/mol. The Morgan fingerprint density at radius 2 is 1.79 bits per heavy atom. The van der Waals surface area contributed by atoms with E-state index in [0.29, 0.717) is 5.56 Å². The van der Waals surface area contributed by atoms with E-state index < -0.39 is 23.8 Å². The Bertz CT molecular complexity index is 913.